The fourth-order valence-corrected chi connectivity index (χ4v) is 8.38. The Bertz CT molecular complexity index is 536. The summed E-state index contributed by atoms with van der Waals surface area (Å²) in [6.45, 7) is 2.54. The number of halogens is 2. The molecule has 0 aromatic carbocycles. The van der Waals surface area contributed by atoms with Crippen molar-refractivity contribution in [2.24, 2.45) is 22.7 Å². The van der Waals surface area contributed by atoms with Crippen LogP contribution in [0, 0.1) is 22.7 Å². The average Bonchev–Trinajstić information content (AvgIpc) is 2.66. The molecular weight excluding hydrogens is 366 g/mol. The Morgan fingerprint density at radius 2 is 2.00 bits per heavy atom. The van der Waals surface area contributed by atoms with Crippen LogP contribution in [0.5, 0.6) is 0 Å². The van der Waals surface area contributed by atoms with Crippen molar-refractivity contribution in [3.8, 4) is 0 Å². The van der Waals surface area contributed by atoms with Crippen molar-refractivity contribution >= 4 is 38.9 Å². The zero-order chi connectivity index (χ0) is 14.8. The molecule has 0 radical (unpaired) electrons. The van der Waals surface area contributed by atoms with Crippen molar-refractivity contribution in [3.63, 3.8) is 0 Å². The monoisotopic (exact) mass is 387 g/mol. The molecule has 1 N–H and O–H groups in total. The Morgan fingerprint density at radius 1 is 1.33 bits per heavy atom. The van der Waals surface area contributed by atoms with Gasteiger partial charge >= 0.3 is 0 Å². The highest BCUT2D eigenvalue weighted by atomic mass is 79.9. The molecule has 21 heavy (non-hydrogen) atoms. The first kappa shape index (κ1) is 15.0. The van der Waals surface area contributed by atoms with Crippen LogP contribution >= 0.6 is 38.9 Å². The smallest absolute Gasteiger partial charge is 0.107 e. The third kappa shape index (κ3) is 2.34. The van der Waals surface area contributed by atoms with Crippen LogP contribution in [0.1, 0.15) is 56.4 Å². The van der Waals surface area contributed by atoms with E-state index in [4.69, 9.17) is 11.6 Å². The standard InChI is InChI=1S/C17H23BrClNS/c1-16-5-10-3-11(6-16)8-17(7-10,9-16)14(20-2)13-4-12(18)15(19)21-13/h4,10-11,14,20H,3,5-9H2,1-2H3. The molecule has 116 valence electrons. The highest BCUT2D eigenvalue weighted by Gasteiger charge is 2.58. The molecule has 4 aliphatic carbocycles. The summed E-state index contributed by atoms with van der Waals surface area (Å²) < 4.78 is 1.95. The van der Waals surface area contributed by atoms with Gasteiger partial charge in [0, 0.05) is 15.4 Å². The van der Waals surface area contributed by atoms with Crippen molar-refractivity contribution in [3.05, 3.63) is 19.8 Å². The van der Waals surface area contributed by atoms with Crippen LogP contribution in [0.3, 0.4) is 0 Å². The van der Waals surface area contributed by atoms with Crippen molar-refractivity contribution in [2.75, 3.05) is 7.05 Å². The Morgan fingerprint density at radius 3 is 2.48 bits per heavy atom. The van der Waals surface area contributed by atoms with Gasteiger partial charge < -0.3 is 5.32 Å². The quantitative estimate of drug-likeness (QED) is 0.666. The van der Waals surface area contributed by atoms with Crippen LogP contribution in [-0.4, -0.2) is 7.05 Å². The SMILES string of the molecule is CNC(c1cc(Br)c(Cl)s1)C12CC3CC(CC(C)(C3)C1)C2. The van der Waals surface area contributed by atoms with E-state index in [1.807, 2.05) is 0 Å². The first-order chi connectivity index (χ1) is 9.93. The molecule has 0 amide bonds. The molecule has 0 aliphatic heterocycles. The van der Waals surface area contributed by atoms with Crippen molar-refractivity contribution in [1.29, 1.82) is 0 Å². The molecule has 4 aliphatic rings. The van der Waals surface area contributed by atoms with E-state index in [0.29, 0.717) is 16.9 Å². The fraction of sp³-hybridized carbons (Fsp3) is 0.765. The van der Waals surface area contributed by atoms with Gasteiger partial charge in [-0.2, -0.15) is 0 Å². The minimum Gasteiger partial charge on any atom is -0.312 e. The normalized spacial score (nSPS) is 42.5. The predicted octanol–water partition coefficient (Wildman–Crippen LogP) is 6.03. The van der Waals surface area contributed by atoms with E-state index in [-0.39, 0.29) is 0 Å². The average molecular weight is 389 g/mol. The minimum absolute atomic E-state index is 0.460. The largest absolute Gasteiger partial charge is 0.312 e. The lowest BCUT2D eigenvalue weighted by Gasteiger charge is -2.63. The van der Waals surface area contributed by atoms with E-state index >= 15 is 0 Å². The van der Waals surface area contributed by atoms with Crippen molar-refractivity contribution < 1.29 is 0 Å². The van der Waals surface area contributed by atoms with E-state index < -0.39 is 0 Å². The Hall–Kier alpha value is 0.430. The molecule has 4 saturated carbocycles. The number of rotatable bonds is 3. The van der Waals surface area contributed by atoms with Gasteiger partial charge in [-0.05, 0) is 90.2 Å². The maximum absolute atomic E-state index is 6.31. The third-order valence-electron chi connectivity index (χ3n) is 6.25. The molecule has 5 rings (SSSR count). The summed E-state index contributed by atoms with van der Waals surface area (Å²) in [5.41, 5.74) is 1.05. The van der Waals surface area contributed by atoms with Gasteiger partial charge in [-0.1, -0.05) is 18.5 Å². The molecule has 1 nitrogen and oxygen atoms in total. The van der Waals surface area contributed by atoms with Crippen molar-refractivity contribution in [1.82, 2.24) is 5.32 Å². The van der Waals surface area contributed by atoms with E-state index in [0.717, 1.165) is 20.6 Å². The molecule has 4 bridgehead atoms. The van der Waals surface area contributed by atoms with Crippen LogP contribution in [-0.2, 0) is 0 Å². The van der Waals surface area contributed by atoms with Gasteiger partial charge in [0.05, 0.1) is 0 Å². The van der Waals surface area contributed by atoms with Gasteiger partial charge in [-0.25, -0.2) is 0 Å². The predicted molar refractivity (Wildman–Crippen MR) is 94.1 cm³/mol. The van der Waals surface area contributed by atoms with Crippen LogP contribution in [0.15, 0.2) is 10.5 Å². The second-order valence-corrected chi connectivity index (χ2v) is 10.7. The summed E-state index contributed by atoms with van der Waals surface area (Å²) >= 11 is 11.6. The highest BCUT2D eigenvalue weighted by Crippen LogP contribution is 2.68. The second kappa shape index (κ2) is 4.96. The van der Waals surface area contributed by atoms with E-state index in [9.17, 15) is 0 Å². The molecular formula is C17H23BrClNS. The Balaban J connectivity index is 1.73. The van der Waals surface area contributed by atoms with Gasteiger partial charge in [0.15, 0.2) is 0 Å². The maximum Gasteiger partial charge on any atom is 0.107 e. The van der Waals surface area contributed by atoms with E-state index in [1.54, 1.807) is 11.3 Å². The Kier molecular flexibility index (Phi) is 3.54. The topological polar surface area (TPSA) is 12.0 Å². The van der Waals surface area contributed by atoms with Crippen LogP contribution in [0.4, 0.5) is 0 Å². The van der Waals surface area contributed by atoms with E-state index in [1.165, 1.54) is 43.4 Å². The maximum atomic E-state index is 6.31. The second-order valence-electron chi connectivity index (χ2n) is 8.13. The van der Waals surface area contributed by atoms with Gasteiger partial charge in [0.25, 0.3) is 0 Å². The molecule has 1 aromatic rings. The lowest BCUT2D eigenvalue weighted by atomic mass is 9.43. The summed E-state index contributed by atoms with van der Waals surface area (Å²) in [4.78, 5) is 1.42. The molecule has 0 saturated heterocycles. The molecule has 3 atom stereocenters. The zero-order valence-electron chi connectivity index (χ0n) is 12.7. The molecule has 1 aromatic heterocycles. The number of hydrogen-bond acceptors (Lipinski definition) is 2. The zero-order valence-corrected chi connectivity index (χ0v) is 15.9. The summed E-state index contributed by atoms with van der Waals surface area (Å²) in [6, 6.07) is 2.71. The number of hydrogen-bond donors (Lipinski definition) is 1. The Labute approximate surface area is 145 Å². The summed E-state index contributed by atoms with van der Waals surface area (Å²) in [7, 11) is 2.13. The summed E-state index contributed by atoms with van der Waals surface area (Å²) in [6.07, 6.45) is 8.65. The molecule has 3 unspecified atom stereocenters. The van der Waals surface area contributed by atoms with Gasteiger partial charge in [0.1, 0.15) is 4.34 Å². The van der Waals surface area contributed by atoms with Crippen LogP contribution in [0.2, 0.25) is 4.34 Å². The summed E-state index contributed by atoms with van der Waals surface area (Å²) in [5, 5.41) is 3.66. The molecule has 0 spiro atoms. The highest BCUT2D eigenvalue weighted by molar-refractivity contribution is 9.10. The summed E-state index contributed by atoms with van der Waals surface area (Å²) in [5.74, 6) is 1.93. The van der Waals surface area contributed by atoms with E-state index in [2.05, 4.69) is 41.3 Å². The molecule has 1 heterocycles. The first-order valence-electron chi connectivity index (χ1n) is 8.05. The van der Waals surface area contributed by atoms with Crippen molar-refractivity contribution in [2.45, 2.75) is 51.5 Å². The third-order valence-corrected chi connectivity index (χ3v) is 8.79. The van der Waals surface area contributed by atoms with Gasteiger partial charge in [-0.3, -0.25) is 0 Å². The van der Waals surface area contributed by atoms with Crippen LogP contribution in [0.25, 0.3) is 0 Å². The van der Waals surface area contributed by atoms with Gasteiger partial charge in [-0.15, -0.1) is 11.3 Å². The molecule has 4 fully saturated rings. The fourth-order valence-electron chi connectivity index (χ4n) is 6.39. The van der Waals surface area contributed by atoms with Crippen LogP contribution < -0.4 is 5.32 Å². The number of thiophene rings is 1. The molecule has 4 heteroatoms. The lowest BCUT2D eigenvalue weighted by Crippen LogP contribution is -2.54. The number of nitrogens with one attached hydrogen (secondary N) is 1. The lowest BCUT2D eigenvalue weighted by molar-refractivity contribution is -0.117. The minimum atomic E-state index is 0.460. The first-order valence-corrected chi connectivity index (χ1v) is 10.0. The van der Waals surface area contributed by atoms with Gasteiger partial charge in [0.2, 0.25) is 0 Å².